The topological polar surface area (TPSA) is 135 Å². The second kappa shape index (κ2) is 26.8. The van der Waals surface area contributed by atoms with Crippen LogP contribution in [-0.4, -0.2) is 89.6 Å². The first-order valence-electron chi connectivity index (χ1n) is 16.6. The molecule has 1 rings (SSSR count). The average Bonchev–Trinajstić information content (AvgIpc) is 3.00. The second-order valence-electron chi connectivity index (χ2n) is 11.2. The highest BCUT2D eigenvalue weighted by atomic mass is 16.7. The molecule has 1 fully saturated rings. The molecular formula is C34H60O9. The van der Waals surface area contributed by atoms with E-state index in [0.717, 1.165) is 70.6 Å². The van der Waals surface area contributed by atoms with Gasteiger partial charge >= 0.3 is 5.97 Å². The molecule has 1 heterocycles. The van der Waals surface area contributed by atoms with E-state index in [1.54, 1.807) is 0 Å². The number of hydrogen-bond acceptors (Lipinski definition) is 9. The molecule has 1 saturated heterocycles. The fourth-order valence-corrected chi connectivity index (χ4v) is 4.68. The highest BCUT2D eigenvalue weighted by Gasteiger charge is 2.44. The van der Waals surface area contributed by atoms with Crippen molar-refractivity contribution < 1.29 is 44.2 Å². The third-order valence-corrected chi connectivity index (χ3v) is 7.32. The van der Waals surface area contributed by atoms with Crippen LogP contribution in [0.3, 0.4) is 0 Å². The van der Waals surface area contributed by atoms with E-state index < -0.39 is 43.4 Å². The summed E-state index contributed by atoms with van der Waals surface area (Å²) >= 11 is 0. The van der Waals surface area contributed by atoms with Crippen molar-refractivity contribution in [3.63, 3.8) is 0 Å². The standard InChI is InChI=1S/C34H60O9/c1-3-5-7-9-10-11-12-13-14-15-16-17-18-19-20-22-24-40-26-28(42-30(36)23-21-8-6-4-2)27-41-34-33(39)32(38)31(37)29(25-35)43-34/h5,7,10-11,13-14,28-29,31-35,37-39H,3-4,6,8-9,12,15-27H2,1-2H3/b7-5-,11-10-,14-13-. The van der Waals surface area contributed by atoms with Gasteiger partial charge in [0.2, 0.25) is 0 Å². The van der Waals surface area contributed by atoms with Gasteiger partial charge in [0, 0.05) is 13.0 Å². The number of carbonyl (C=O) groups excluding carboxylic acids is 1. The van der Waals surface area contributed by atoms with Gasteiger partial charge in [-0.05, 0) is 44.9 Å². The Bertz CT molecular complexity index is 752. The van der Waals surface area contributed by atoms with Crippen molar-refractivity contribution >= 4 is 5.97 Å². The zero-order valence-corrected chi connectivity index (χ0v) is 26.7. The first-order valence-corrected chi connectivity index (χ1v) is 16.6. The molecule has 0 bridgehead atoms. The molecule has 6 unspecified atom stereocenters. The summed E-state index contributed by atoms with van der Waals surface area (Å²) in [5, 5.41) is 39.6. The second-order valence-corrected chi connectivity index (χ2v) is 11.2. The van der Waals surface area contributed by atoms with Crippen LogP contribution >= 0.6 is 0 Å². The van der Waals surface area contributed by atoms with E-state index in [1.165, 1.54) is 19.3 Å². The summed E-state index contributed by atoms with van der Waals surface area (Å²) in [5.74, 6) is -0.340. The van der Waals surface area contributed by atoms with Gasteiger partial charge in [-0.3, -0.25) is 4.79 Å². The van der Waals surface area contributed by atoms with Gasteiger partial charge in [0.15, 0.2) is 6.29 Å². The number of carbonyl (C=O) groups is 1. The molecule has 1 aliphatic rings. The molecule has 43 heavy (non-hydrogen) atoms. The summed E-state index contributed by atoms with van der Waals surface area (Å²) in [5.41, 5.74) is 0. The maximum atomic E-state index is 12.4. The Morgan fingerprint density at radius 2 is 1.42 bits per heavy atom. The van der Waals surface area contributed by atoms with Crippen LogP contribution in [0.25, 0.3) is 0 Å². The largest absolute Gasteiger partial charge is 0.457 e. The van der Waals surface area contributed by atoms with Gasteiger partial charge in [-0.25, -0.2) is 0 Å². The van der Waals surface area contributed by atoms with E-state index in [2.05, 4.69) is 50.3 Å². The summed E-state index contributed by atoms with van der Waals surface area (Å²) in [6.45, 7) is 4.26. The molecule has 6 atom stereocenters. The molecule has 9 heteroatoms. The average molecular weight is 613 g/mol. The molecule has 4 N–H and O–H groups in total. The third-order valence-electron chi connectivity index (χ3n) is 7.32. The van der Waals surface area contributed by atoms with E-state index in [4.69, 9.17) is 18.9 Å². The van der Waals surface area contributed by atoms with Crippen LogP contribution in [0.2, 0.25) is 0 Å². The zero-order chi connectivity index (χ0) is 31.5. The van der Waals surface area contributed by atoms with Crippen LogP contribution in [0.15, 0.2) is 36.5 Å². The lowest BCUT2D eigenvalue weighted by molar-refractivity contribution is -0.305. The molecule has 1 aliphatic heterocycles. The molecule has 0 aromatic heterocycles. The van der Waals surface area contributed by atoms with Crippen LogP contribution in [0.5, 0.6) is 0 Å². The Morgan fingerprint density at radius 1 is 0.767 bits per heavy atom. The van der Waals surface area contributed by atoms with E-state index in [0.29, 0.717) is 13.0 Å². The number of hydrogen-bond donors (Lipinski definition) is 4. The maximum Gasteiger partial charge on any atom is 0.306 e. The lowest BCUT2D eigenvalue weighted by Crippen LogP contribution is -2.59. The minimum absolute atomic E-state index is 0.121. The van der Waals surface area contributed by atoms with Gasteiger partial charge in [-0.15, -0.1) is 0 Å². The Labute approximate surface area is 260 Å². The fraction of sp³-hybridized carbons (Fsp3) is 0.794. The number of allylic oxidation sites excluding steroid dienone is 6. The molecule has 0 amide bonds. The number of rotatable bonds is 26. The molecule has 0 saturated carbocycles. The van der Waals surface area contributed by atoms with E-state index in [1.807, 2.05) is 0 Å². The smallest absolute Gasteiger partial charge is 0.306 e. The Morgan fingerprint density at radius 3 is 2.12 bits per heavy atom. The maximum absolute atomic E-state index is 12.4. The SMILES string of the molecule is CC/C=C\C/C=C\C/C=C\CCCCCCCCOCC(COC1OC(CO)C(O)C(O)C1O)OC(=O)CCCCCC. The molecule has 250 valence electrons. The minimum Gasteiger partial charge on any atom is -0.457 e. The summed E-state index contributed by atoms with van der Waals surface area (Å²) in [6, 6.07) is 0. The van der Waals surface area contributed by atoms with Gasteiger partial charge < -0.3 is 39.4 Å². The highest BCUT2D eigenvalue weighted by Crippen LogP contribution is 2.22. The monoisotopic (exact) mass is 612 g/mol. The van der Waals surface area contributed by atoms with Crippen molar-refractivity contribution in [1.29, 1.82) is 0 Å². The summed E-state index contributed by atoms with van der Waals surface area (Å²) in [7, 11) is 0. The van der Waals surface area contributed by atoms with Gasteiger partial charge in [-0.1, -0.05) is 95.2 Å². The summed E-state index contributed by atoms with van der Waals surface area (Å²) in [4.78, 5) is 12.4. The van der Waals surface area contributed by atoms with Gasteiger partial charge in [0.25, 0.3) is 0 Å². The highest BCUT2D eigenvalue weighted by molar-refractivity contribution is 5.69. The Kier molecular flexibility index (Phi) is 24.6. The lowest BCUT2D eigenvalue weighted by Gasteiger charge is -2.39. The number of unbranched alkanes of at least 4 members (excludes halogenated alkanes) is 9. The van der Waals surface area contributed by atoms with E-state index >= 15 is 0 Å². The van der Waals surface area contributed by atoms with Crippen LogP contribution in [0.4, 0.5) is 0 Å². The quantitative estimate of drug-likeness (QED) is 0.0584. The molecule has 0 radical (unpaired) electrons. The van der Waals surface area contributed by atoms with Crippen molar-refractivity contribution in [2.75, 3.05) is 26.4 Å². The van der Waals surface area contributed by atoms with E-state index in [-0.39, 0.29) is 19.2 Å². The lowest BCUT2D eigenvalue weighted by atomic mass is 9.99. The van der Waals surface area contributed by atoms with Gasteiger partial charge in [0.1, 0.15) is 30.5 Å². The van der Waals surface area contributed by atoms with Crippen molar-refractivity contribution in [3.8, 4) is 0 Å². The molecule has 0 spiro atoms. The summed E-state index contributed by atoms with van der Waals surface area (Å²) in [6.07, 6.45) is 20.9. The number of aliphatic hydroxyl groups is 4. The normalized spacial score (nSPS) is 23.5. The molecule has 9 nitrogen and oxygen atoms in total. The Hall–Kier alpha value is -1.59. The predicted octanol–water partition coefficient (Wildman–Crippen LogP) is 5.29. The third kappa shape index (κ3) is 19.4. The zero-order valence-electron chi connectivity index (χ0n) is 26.7. The van der Waals surface area contributed by atoms with E-state index in [9.17, 15) is 25.2 Å². The Balaban J connectivity index is 2.28. The minimum atomic E-state index is -1.53. The van der Waals surface area contributed by atoms with Gasteiger partial charge in [-0.2, -0.15) is 0 Å². The van der Waals surface area contributed by atoms with Crippen molar-refractivity contribution in [2.45, 2.75) is 147 Å². The van der Waals surface area contributed by atoms with Crippen LogP contribution in [0, 0.1) is 0 Å². The first-order chi connectivity index (χ1) is 20.9. The molecule has 0 aliphatic carbocycles. The number of ether oxygens (including phenoxy) is 4. The van der Waals surface area contributed by atoms with Crippen LogP contribution in [0.1, 0.15) is 110 Å². The van der Waals surface area contributed by atoms with Crippen molar-refractivity contribution in [1.82, 2.24) is 0 Å². The van der Waals surface area contributed by atoms with Crippen molar-refractivity contribution in [3.05, 3.63) is 36.5 Å². The molecule has 0 aromatic carbocycles. The fourth-order valence-electron chi connectivity index (χ4n) is 4.68. The predicted molar refractivity (Wildman–Crippen MR) is 168 cm³/mol. The molecular weight excluding hydrogens is 552 g/mol. The first kappa shape index (κ1) is 39.4. The summed E-state index contributed by atoms with van der Waals surface area (Å²) < 4.78 is 22.4. The number of esters is 1. The van der Waals surface area contributed by atoms with Crippen LogP contribution < -0.4 is 0 Å². The van der Waals surface area contributed by atoms with Crippen molar-refractivity contribution in [2.24, 2.45) is 0 Å². The van der Waals surface area contributed by atoms with Crippen LogP contribution in [-0.2, 0) is 23.7 Å². The van der Waals surface area contributed by atoms with Gasteiger partial charge in [0.05, 0.1) is 19.8 Å². The molecule has 0 aromatic rings. The number of aliphatic hydroxyl groups excluding tert-OH is 4.